The minimum atomic E-state index is -4.42. The van der Waals surface area contributed by atoms with Gasteiger partial charge < -0.3 is 20.1 Å². The zero-order chi connectivity index (χ0) is 16.0. The molecule has 122 valence electrons. The van der Waals surface area contributed by atoms with Gasteiger partial charge in [-0.2, -0.15) is 13.2 Å². The first-order valence-corrected chi connectivity index (χ1v) is 6.74. The maximum absolute atomic E-state index is 12.0. The van der Waals surface area contributed by atoms with Gasteiger partial charge in [-0.3, -0.25) is 0 Å². The third-order valence-corrected chi connectivity index (χ3v) is 2.89. The van der Waals surface area contributed by atoms with Crippen LogP contribution in [-0.4, -0.2) is 43.1 Å². The number of anilines is 1. The minimum absolute atomic E-state index is 0.0296. The van der Waals surface area contributed by atoms with E-state index >= 15 is 0 Å². The highest BCUT2D eigenvalue weighted by Crippen LogP contribution is 2.18. The van der Waals surface area contributed by atoms with Gasteiger partial charge in [0.05, 0.1) is 18.0 Å². The quantitative estimate of drug-likeness (QED) is 0.874. The van der Waals surface area contributed by atoms with Crippen LogP contribution in [0.15, 0.2) is 18.3 Å². The number of nitrogens with zero attached hydrogens (tertiary/aromatic N) is 1. The number of urea groups is 1. The zero-order valence-corrected chi connectivity index (χ0v) is 11.7. The Balaban J connectivity index is 1.74. The van der Waals surface area contributed by atoms with E-state index in [1.165, 1.54) is 18.3 Å². The van der Waals surface area contributed by atoms with Crippen molar-refractivity contribution in [1.29, 1.82) is 0 Å². The molecule has 2 heterocycles. The van der Waals surface area contributed by atoms with Crippen molar-refractivity contribution in [3.63, 3.8) is 0 Å². The molecular formula is C13H16F3N3O3. The fraction of sp³-hybridized carbons (Fsp3) is 0.538. The smallest absolute Gasteiger partial charge is 0.422 e. The van der Waals surface area contributed by atoms with E-state index in [4.69, 9.17) is 4.74 Å². The normalized spacial score (nSPS) is 18.0. The summed E-state index contributed by atoms with van der Waals surface area (Å²) in [4.78, 5) is 15.3. The van der Waals surface area contributed by atoms with Crippen LogP contribution in [-0.2, 0) is 4.74 Å². The molecule has 1 aliphatic heterocycles. The highest BCUT2D eigenvalue weighted by Gasteiger charge is 2.28. The molecule has 0 bridgehead atoms. The van der Waals surface area contributed by atoms with Crippen LogP contribution in [0, 0.1) is 0 Å². The van der Waals surface area contributed by atoms with Gasteiger partial charge >= 0.3 is 12.2 Å². The largest absolute Gasteiger partial charge is 0.468 e. The topological polar surface area (TPSA) is 72.5 Å². The van der Waals surface area contributed by atoms with Crippen molar-refractivity contribution in [2.45, 2.75) is 25.1 Å². The number of ether oxygens (including phenoxy) is 2. The highest BCUT2D eigenvalue weighted by molar-refractivity contribution is 5.89. The number of alkyl halides is 3. The second kappa shape index (κ2) is 7.30. The van der Waals surface area contributed by atoms with Crippen LogP contribution in [0.3, 0.4) is 0 Å². The molecule has 0 aromatic carbocycles. The Labute approximate surface area is 125 Å². The molecule has 2 N–H and O–H groups in total. The van der Waals surface area contributed by atoms with Gasteiger partial charge in [-0.25, -0.2) is 9.78 Å². The number of rotatable bonds is 5. The summed E-state index contributed by atoms with van der Waals surface area (Å²) in [5, 5.41) is 5.17. The lowest BCUT2D eigenvalue weighted by molar-refractivity contribution is -0.154. The highest BCUT2D eigenvalue weighted by atomic mass is 19.4. The molecule has 22 heavy (non-hydrogen) atoms. The summed E-state index contributed by atoms with van der Waals surface area (Å²) in [7, 11) is 0. The Morgan fingerprint density at radius 1 is 1.45 bits per heavy atom. The Morgan fingerprint density at radius 2 is 2.27 bits per heavy atom. The van der Waals surface area contributed by atoms with Crippen molar-refractivity contribution in [3.8, 4) is 5.88 Å². The molecule has 0 aliphatic carbocycles. The minimum Gasteiger partial charge on any atom is -0.468 e. The SMILES string of the molecule is O=C(NC[C@@H]1CCCO1)Nc1ccc(OCC(F)(F)F)nc1. The van der Waals surface area contributed by atoms with E-state index in [9.17, 15) is 18.0 Å². The van der Waals surface area contributed by atoms with Crippen LogP contribution < -0.4 is 15.4 Å². The van der Waals surface area contributed by atoms with Gasteiger partial charge in [-0.1, -0.05) is 0 Å². The number of carbonyl (C=O) groups excluding carboxylic acids is 1. The summed E-state index contributed by atoms with van der Waals surface area (Å²) < 4.78 is 45.8. The number of hydrogen-bond donors (Lipinski definition) is 2. The maximum atomic E-state index is 12.0. The standard InChI is InChI=1S/C13H16F3N3O3/c14-13(15,16)8-22-11-4-3-9(6-17-11)19-12(20)18-7-10-2-1-5-21-10/h3-4,6,10H,1-2,5,7-8H2,(H2,18,19,20)/t10-/m0/s1. The molecule has 1 aliphatic rings. The molecule has 6 nitrogen and oxygen atoms in total. The first kappa shape index (κ1) is 16.3. The number of hydrogen-bond acceptors (Lipinski definition) is 4. The van der Waals surface area contributed by atoms with E-state index in [0.29, 0.717) is 18.8 Å². The average Bonchev–Trinajstić information content (AvgIpc) is 2.97. The lowest BCUT2D eigenvalue weighted by atomic mass is 10.2. The Kier molecular flexibility index (Phi) is 5.42. The van der Waals surface area contributed by atoms with E-state index in [0.717, 1.165) is 12.8 Å². The van der Waals surface area contributed by atoms with Crippen molar-refractivity contribution in [1.82, 2.24) is 10.3 Å². The van der Waals surface area contributed by atoms with Gasteiger partial charge in [0.15, 0.2) is 6.61 Å². The van der Waals surface area contributed by atoms with Crippen molar-refractivity contribution in [2.75, 3.05) is 25.1 Å². The molecule has 0 unspecified atom stereocenters. The number of pyridine rings is 1. The average molecular weight is 319 g/mol. The molecule has 9 heteroatoms. The first-order chi connectivity index (χ1) is 10.4. The van der Waals surface area contributed by atoms with E-state index in [1.54, 1.807) is 0 Å². The van der Waals surface area contributed by atoms with E-state index in [1.807, 2.05) is 0 Å². The summed E-state index contributed by atoms with van der Waals surface area (Å²) in [6, 6.07) is 2.23. The molecular weight excluding hydrogens is 303 g/mol. The fourth-order valence-electron chi connectivity index (χ4n) is 1.88. The maximum Gasteiger partial charge on any atom is 0.422 e. The Hall–Kier alpha value is -2.03. The van der Waals surface area contributed by atoms with Crippen LogP contribution in [0.5, 0.6) is 5.88 Å². The molecule has 0 saturated carbocycles. The number of aromatic nitrogens is 1. The molecule has 1 fully saturated rings. The van der Waals surface area contributed by atoms with Crippen LogP contribution in [0.4, 0.5) is 23.7 Å². The van der Waals surface area contributed by atoms with Crippen molar-refractivity contribution < 1.29 is 27.4 Å². The van der Waals surface area contributed by atoms with Crippen LogP contribution in [0.25, 0.3) is 0 Å². The van der Waals surface area contributed by atoms with Gasteiger partial charge in [0.25, 0.3) is 0 Å². The van der Waals surface area contributed by atoms with Crippen LogP contribution in [0.1, 0.15) is 12.8 Å². The van der Waals surface area contributed by atoms with E-state index in [-0.39, 0.29) is 12.0 Å². The summed E-state index contributed by atoms with van der Waals surface area (Å²) in [6.45, 7) is -0.294. The van der Waals surface area contributed by atoms with E-state index < -0.39 is 18.8 Å². The van der Waals surface area contributed by atoms with Crippen molar-refractivity contribution in [2.24, 2.45) is 0 Å². The summed E-state index contributed by atoms with van der Waals surface area (Å²) in [6.07, 6.45) is -1.27. The van der Waals surface area contributed by atoms with Crippen LogP contribution in [0.2, 0.25) is 0 Å². The van der Waals surface area contributed by atoms with Gasteiger partial charge in [0, 0.05) is 19.2 Å². The van der Waals surface area contributed by atoms with Gasteiger partial charge in [0.1, 0.15) is 0 Å². The summed E-state index contributed by atoms with van der Waals surface area (Å²) in [5.41, 5.74) is 0.351. The van der Waals surface area contributed by atoms with Crippen LogP contribution >= 0.6 is 0 Å². The number of carbonyl (C=O) groups is 1. The lowest BCUT2D eigenvalue weighted by Gasteiger charge is -2.12. The van der Waals surface area contributed by atoms with Gasteiger partial charge in [-0.15, -0.1) is 0 Å². The molecule has 0 spiro atoms. The molecule has 1 atom stereocenters. The lowest BCUT2D eigenvalue weighted by Crippen LogP contribution is -2.35. The monoisotopic (exact) mass is 319 g/mol. The second-order valence-corrected chi connectivity index (χ2v) is 4.76. The molecule has 1 saturated heterocycles. The molecule has 1 aromatic heterocycles. The fourth-order valence-corrected chi connectivity index (χ4v) is 1.88. The third kappa shape index (κ3) is 5.76. The zero-order valence-electron chi connectivity index (χ0n) is 11.7. The van der Waals surface area contributed by atoms with Gasteiger partial charge in [0.2, 0.25) is 5.88 Å². The predicted molar refractivity (Wildman–Crippen MR) is 71.8 cm³/mol. The van der Waals surface area contributed by atoms with Crippen molar-refractivity contribution >= 4 is 11.7 Å². The van der Waals surface area contributed by atoms with Crippen molar-refractivity contribution in [3.05, 3.63) is 18.3 Å². The second-order valence-electron chi connectivity index (χ2n) is 4.76. The first-order valence-electron chi connectivity index (χ1n) is 6.74. The van der Waals surface area contributed by atoms with Gasteiger partial charge in [-0.05, 0) is 18.9 Å². The molecule has 2 amide bonds. The predicted octanol–water partition coefficient (Wildman–Crippen LogP) is 2.32. The molecule has 1 aromatic rings. The third-order valence-electron chi connectivity index (χ3n) is 2.89. The molecule has 0 radical (unpaired) electrons. The number of nitrogens with one attached hydrogen (secondary N) is 2. The Bertz CT molecular complexity index is 488. The Morgan fingerprint density at radius 3 is 2.86 bits per heavy atom. The summed E-state index contributed by atoms with van der Waals surface area (Å²) >= 11 is 0. The van der Waals surface area contributed by atoms with E-state index in [2.05, 4.69) is 20.4 Å². The number of amides is 2. The summed E-state index contributed by atoms with van der Waals surface area (Å²) in [5.74, 6) is -0.164. The molecule has 2 rings (SSSR count). The number of halogens is 3.